The van der Waals surface area contributed by atoms with E-state index in [2.05, 4.69) is 4.98 Å². The first kappa shape index (κ1) is 14.3. The number of carboxylic acids is 1. The Morgan fingerprint density at radius 3 is 2.82 bits per heavy atom. The highest BCUT2D eigenvalue weighted by atomic mass is 16.4. The van der Waals surface area contributed by atoms with Crippen LogP contribution in [0.15, 0.2) is 36.4 Å². The summed E-state index contributed by atoms with van der Waals surface area (Å²) in [4.78, 5) is 29.8. The van der Waals surface area contributed by atoms with Crippen LogP contribution >= 0.6 is 0 Å². The maximum atomic E-state index is 12.7. The molecule has 0 unspecified atom stereocenters. The minimum Gasteiger partial charge on any atom is -0.479 e. The van der Waals surface area contributed by atoms with Gasteiger partial charge in [0.1, 0.15) is 6.04 Å². The molecule has 1 atom stereocenters. The second-order valence-corrected chi connectivity index (χ2v) is 5.44. The minimum absolute atomic E-state index is 0.300. The first-order chi connectivity index (χ1) is 10.5. The molecule has 1 aromatic carbocycles. The lowest BCUT2D eigenvalue weighted by atomic mass is 10.1. The number of hydrogen-bond donors (Lipinski definition) is 1. The number of benzene rings is 1. The Morgan fingerprint density at radius 2 is 2.09 bits per heavy atom. The number of aryl methyl sites for hydroxylation is 2. The number of nitrogens with zero attached hydrogens (tertiary/aromatic N) is 2. The third-order valence-electron chi connectivity index (χ3n) is 3.94. The van der Waals surface area contributed by atoms with Crippen molar-refractivity contribution in [3.8, 4) is 0 Å². The zero-order valence-electron chi connectivity index (χ0n) is 12.4. The number of amides is 1. The van der Waals surface area contributed by atoms with Gasteiger partial charge in [0, 0.05) is 11.9 Å². The predicted molar refractivity (Wildman–Crippen MR) is 82.8 cm³/mol. The Morgan fingerprint density at radius 1 is 1.32 bits per heavy atom. The predicted octanol–water partition coefficient (Wildman–Crippen LogP) is 2.32. The third kappa shape index (κ3) is 2.24. The Balaban J connectivity index is 2.05. The van der Waals surface area contributed by atoms with Crippen LogP contribution < -0.4 is 0 Å². The Labute approximate surface area is 127 Å². The standard InChI is InChI=1S/C17H16N2O3/c1-10-5-3-6-12-9-13(11(2)18-15(10)12)16(20)19-8-4-7-14(19)17(21)22/h3-7,9,14H,8H2,1-2H3,(H,21,22)/t14-/m0/s1. The summed E-state index contributed by atoms with van der Waals surface area (Å²) in [5.41, 5.74) is 2.98. The molecule has 3 rings (SSSR count). The number of hydrogen-bond acceptors (Lipinski definition) is 3. The van der Waals surface area contributed by atoms with Crippen LogP contribution in [0.1, 0.15) is 21.6 Å². The monoisotopic (exact) mass is 296 g/mol. The van der Waals surface area contributed by atoms with Crippen LogP contribution in [0.25, 0.3) is 10.9 Å². The number of carbonyl (C=O) groups excluding carboxylic acids is 1. The topological polar surface area (TPSA) is 70.5 Å². The van der Waals surface area contributed by atoms with Crippen molar-refractivity contribution >= 4 is 22.8 Å². The van der Waals surface area contributed by atoms with Gasteiger partial charge >= 0.3 is 5.97 Å². The zero-order chi connectivity index (χ0) is 15.9. The van der Waals surface area contributed by atoms with Gasteiger partial charge in [-0.2, -0.15) is 0 Å². The molecule has 1 aliphatic heterocycles. The Hall–Kier alpha value is -2.69. The fraction of sp³-hybridized carbons (Fsp3) is 0.235. The number of fused-ring (bicyclic) bond motifs is 1. The van der Waals surface area contributed by atoms with E-state index in [-0.39, 0.29) is 5.91 Å². The molecule has 0 radical (unpaired) electrons. The van der Waals surface area contributed by atoms with E-state index in [1.807, 2.05) is 25.1 Å². The normalized spacial score (nSPS) is 17.2. The number of pyridine rings is 1. The number of carboxylic acid groups (broad SMARTS) is 1. The Bertz CT molecular complexity index is 811. The smallest absolute Gasteiger partial charge is 0.330 e. The molecule has 1 aromatic heterocycles. The number of aromatic nitrogens is 1. The lowest BCUT2D eigenvalue weighted by molar-refractivity contribution is -0.140. The molecular weight excluding hydrogens is 280 g/mol. The summed E-state index contributed by atoms with van der Waals surface area (Å²) in [6.45, 7) is 4.06. The number of carbonyl (C=O) groups is 2. The molecule has 2 heterocycles. The molecule has 1 aliphatic rings. The van der Waals surface area contributed by atoms with Crippen LogP contribution in [0.3, 0.4) is 0 Å². The second-order valence-electron chi connectivity index (χ2n) is 5.44. The van der Waals surface area contributed by atoms with Gasteiger partial charge in [0.05, 0.1) is 16.8 Å². The molecular formula is C17H16N2O3. The van der Waals surface area contributed by atoms with E-state index in [1.54, 1.807) is 19.1 Å². The molecule has 0 aliphatic carbocycles. The largest absolute Gasteiger partial charge is 0.479 e. The molecule has 1 amide bonds. The van der Waals surface area contributed by atoms with Crippen molar-refractivity contribution in [2.24, 2.45) is 0 Å². The number of para-hydroxylation sites is 1. The van der Waals surface area contributed by atoms with Crippen molar-refractivity contribution in [3.63, 3.8) is 0 Å². The summed E-state index contributed by atoms with van der Waals surface area (Å²) in [6.07, 6.45) is 3.23. The van der Waals surface area contributed by atoms with Gasteiger partial charge in [-0.1, -0.05) is 30.4 Å². The van der Waals surface area contributed by atoms with E-state index in [4.69, 9.17) is 0 Å². The van der Waals surface area contributed by atoms with Crippen molar-refractivity contribution in [1.29, 1.82) is 0 Å². The van der Waals surface area contributed by atoms with Crippen molar-refractivity contribution in [2.75, 3.05) is 6.54 Å². The number of rotatable bonds is 2. The molecule has 0 saturated carbocycles. The molecule has 2 aromatic rings. The summed E-state index contributed by atoms with van der Waals surface area (Å²) in [5.74, 6) is -1.32. The van der Waals surface area contributed by atoms with Crippen LogP contribution in [-0.4, -0.2) is 39.5 Å². The van der Waals surface area contributed by atoms with Gasteiger partial charge in [0.15, 0.2) is 0 Å². The van der Waals surface area contributed by atoms with E-state index < -0.39 is 12.0 Å². The molecule has 0 bridgehead atoms. The molecule has 22 heavy (non-hydrogen) atoms. The quantitative estimate of drug-likeness (QED) is 0.863. The fourth-order valence-electron chi connectivity index (χ4n) is 2.76. The van der Waals surface area contributed by atoms with Crippen LogP contribution in [0.5, 0.6) is 0 Å². The van der Waals surface area contributed by atoms with Gasteiger partial charge in [-0.05, 0) is 25.5 Å². The van der Waals surface area contributed by atoms with Gasteiger partial charge in [0.25, 0.3) is 5.91 Å². The van der Waals surface area contributed by atoms with Gasteiger partial charge in [-0.3, -0.25) is 9.78 Å². The fourth-order valence-corrected chi connectivity index (χ4v) is 2.76. The first-order valence-electron chi connectivity index (χ1n) is 7.06. The van der Waals surface area contributed by atoms with Crippen molar-refractivity contribution in [2.45, 2.75) is 19.9 Å². The molecule has 112 valence electrons. The molecule has 0 fully saturated rings. The summed E-state index contributed by atoms with van der Waals surface area (Å²) in [6, 6.07) is 6.69. The molecule has 1 N–H and O–H groups in total. The minimum atomic E-state index is -1.02. The average Bonchev–Trinajstić information content (AvgIpc) is 2.96. The van der Waals surface area contributed by atoms with Crippen molar-refractivity contribution in [3.05, 3.63) is 53.2 Å². The summed E-state index contributed by atoms with van der Waals surface area (Å²) in [5, 5.41) is 10.1. The summed E-state index contributed by atoms with van der Waals surface area (Å²) < 4.78 is 0. The molecule has 0 spiro atoms. The van der Waals surface area contributed by atoms with Crippen LogP contribution in [-0.2, 0) is 4.79 Å². The highest BCUT2D eigenvalue weighted by Gasteiger charge is 2.31. The lowest BCUT2D eigenvalue weighted by Crippen LogP contribution is -2.41. The summed E-state index contributed by atoms with van der Waals surface area (Å²) in [7, 11) is 0. The van der Waals surface area contributed by atoms with Gasteiger partial charge in [0.2, 0.25) is 0 Å². The number of aliphatic carboxylic acids is 1. The lowest BCUT2D eigenvalue weighted by Gasteiger charge is -2.22. The highest BCUT2D eigenvalue weighted by molar-refractivity contribution is 6.01. The molecule has 0 saturated heterocycles. The van der Waals surface area contributed by atoms with Crippen LogP contribution in [0, 0.1) is 13.8 Å². The second kappa shape index (κ2) is 5.26. The van der Waals surface area contributed by atoms with E-state index in [9.17, 15) is 14.7 Å². The SMILES string of the molecule is Cc1nc2c(C)cccc2cc1C(=O)N1CC=C[C@H]1C(=O)O. The third-order valence-corrected chi connectivity index (χ3v) is 3.94. The average molecular weight is 296 g/mol. The van der Waals surface area contributed by atoms with E-state index in [1.165, 1.54) is 11.0 Å². The van der Waals surface area contributed by atoms with Crippen LogP contribution in [0.2, 0.25) is 0 Å². The van der Waals surface area contributed by atoms with E-state index in [0.717, 1.165) is 16.5 Å². The Kier molecular flexibility index (Phi) is 3.41. The van der Waals surface area contributed by atoms with Gasteiger partial charge < -0.3 is 10.0 Å². The first-order valence-corrected chi connectivity index (χ1v) is 7.06. The maximum Gasteiger partial charge on any atom is 0.330 e. The van der Waals surface area contributed by atoms with E-state index >= 15 is 0 Å². The summed E-state index contributed by atoms with van der Waals surface area (Å²) >= 11 is 0. The molecule has 5 nitrogen and oxygen atoms in total. The highest BCUT2D eigenvalue weighted by Crippen LogP contribution is 2.22. The van der Waals surface area contributed by atoms with Crippen molar-refractivity contribution in [1.82, 2.24) is 9.88 Å². The van der Waals surface area contributed by atoms with Crippen molar-refractivity contribution < 1.29 is 14.7 Å². The van der Waals surface area contributed by atoms with Gasteiger partial charge in [-0.15, -0.1) is 0 Å². The maximum absolute atomic E-state index is 12.7. The van der Waals surface area contributed by atoms with Gasteiger partial charge in [-0.25, -0.2) is 4.79 Å². The zero-order valence-corrected chi connectivity index (χ0v) is 12.4. The van der Waals surface area contributed by atoms with Crippen LogP contribution in [0.4, 0.5) is 0 Å². The van der Waals surface area contributed by atoms with E-state index in [0.29, 0.717) is 17.8 Å². The molecule has 5 heteroatoms.